The molecular formula is C12H14P2. The Kier molecular flexibility index (Phi) is 3.16. The summed E-state index contributed by atoms with van der Waals surface area (Å²) in [5.74, 6) is 0. The van der Waals surface area contributed by atoms with Crippen LogP contribution in [0.15, 0.2) is 41.7 Å². The Morgan fingerprint density at radius 3 is 2.14 bits per heavy atom. The van der Waals surface area contributed by atoms with Gasteiger partial charge in [-0.3, -0.25) is 0 Å². The van der Waals surface area contributed by atoms with E-state index in [0.717, 1.165) is 6.42 Å². The van der Waals surface area contributed by atoms with Crippen molar-refractivity contribution in [1.82, 2.24) is 0 Å². The van der Waals surface area contributed by atoms with E-state index in [1.54, 1.807) is 0 Å². The van der Waals surface area contributed by atoms with Gasteiger partial charge in [0.1, 0.15) is 0 Å². The molecule has 14 heavy (non-hydrogen) atoms. The highest BCUT2D eigenvalue weighted by Crippen LogP contribution is 2.28. The maximum Gasteiger partial charge on any atom is -0.0224 e. The van der Waals surface area contributed by atoms with Gasteiger partial charge in [0.2, 0.25) is 0 Å². The van der Waals surface area contributed by atoms with Crippen LogP contribution < -0.4 is 5.30 Å². The second kappa shape index (κ2) is 4.39. The second-order valence-electron chi connectivity index (χ2n) is 3.56. The molecule has 0 amide bonds. The quantitative estimate of drug-likeness (QED) is 0.638. The monoisotopic (exact) mass is 220 g/mol. The van der Waals surface area contributed by atoms with E-state index in [2.05, 4.69) is 54.9 Å². The van der Waals surface area contributed by atoms with E-state index in [1.807, 2.05) is 0 Å². The minimum absolute atomic E-state index is 1.16. The molecule has 0 saturated carbocycles. The molecule has 1 aliphatic rings. The number of allylic oxidation sites excluding steroid dienone is 4. The topological polar surface area (TPSA) is 0 Å². The van der Waals surface area contributed by atoms with Gasteiger partial charge < -0.3 is 0 Å². The van der Waals surface area contributed by atoms with Crippen LogP contribution in [-0.4, -0.2) is 0 Å². The maximum absolute atomic E-state index is 2.78. The molecule has 2 heteroatoms. The predicted octanol–water partition coefficient (Wildman–Crippen LogP) is 3.12. The summed E-state index contributed by atoms with van der Waals surface area (Å²) >= 11 is 0. The Balaban J connectivity index is 2.28. The van der Waals surface area contributed by atoms with Crippen LogP contribution in [0.2, 0.25) is 0 Å². The van der Waals surface area contributed by atoms with Gasteiger partial charge in [0.05, 0.1) is 0 Å². The van der Waals surface area contributed by atoms with E-state index < -0.39 is 0 Å². The van der Waals surface area contributed by atoms with Crippen molar-refractivity contribution < 1.29 is 0 Å². The molecule has 2 atom stereocenters. The molecule has 2 rings (SSSR count). The maximum atomic E-state index is 2.78. The zero-order chi connectivity index (χ0) is 9.97. The lowest BCUT2D eigenvalue weighted by Gasteiger charge is -2.12. The number of hydrogen-bond acceptors (Lipinski definition) is 0. The van der Waals surface area contributed by atoms with Gasteiger partial charge in [0, 0.05) is 0 Å². The van der Waals surface area contributed by atoms with Crippen molar-refractivity contribution in [2.75, 3.05) is 0 Å². The lowest BCUT2D eigenvalue weighted by atomic mass is 9.97. The third-order valence-corrected chi connectivity index (χ3v) is 3.33. The molecule has 1 aromatic rings. The zero-order valence-electron chi connectivity index (χ0n) is 8.03. The lowest BCUT2D eigenvalue weighted by Crippen LogP contribution is -1.93. The first-order valence-electron chi connectivity index (χ1n) is 4.77. The minimum Gasteiger partial charge on any atom is -0.110 e. The number of rotatable bonds is 1. The van der Waals surface area contributed by atoms with Crippen molar-refractivity contribution in [1.29, 1.82) is 0 Å². The van der Waals surface area contributed by atoms with Gasteiger partial charge in [0.15, 0.2) is 0 Å². The van der Waals surface area contributed by atoms with Gasteiger partial charge in [-0.15, -0.1) is 18.5 Å². The van der Waals surface area contributed by atoms with Crippen LogP contribution in [0.5, 0.6) is 0 Å². The average Bonchev–Trinajstić information content (AvgIpc) is 2.21. The summed E-state index contributed by atoms with van der Waals surface area (Å²) in [6, 6.07) is 8.66. The van der Waals surface area contributed by atoms with Crippen LogP contribution in [0.25, 0.3) is 5.57 Å². The van der Waals surface area contributed by atoms with E-state index in [4.69, 9.17) is 0 Å². The van der Waals surface area contributed by atoms with Gasteiger partial charge in [-0.05, 0) is 29.3 Å². The Labute approximate surface area is 89.9 Å². The van der Waals surface area contributed by atoms with E-state index in [0.29, 0.717) is 0 Å². The molecule has 0 bridgehead atoms. The predicted molar refractivity (Wildman–Crippen MR) is 70.8 cm³/mol. The summed E-state index contributed by atoms with van der Waals surface area (Å²) in [4.78, 5) is 0. The van der Waals surface area contributed by atoms with Gasteiger partial charge >= 0.3 is 0 Å². The smallest absolute Gasteiger partial charge is 0.0224 e. The molecule has 0 aliphatic heterocycles. The van der Waals surface area contributed by atoms with E-state index in [1.165, 1.54) is 28.2 Å². The normalized spacial score (nSPS) is 16.1. The fraction of sp³-hybridized carbons (Fsp3) is 0.167. The van der Waals surface area contributed by atoms with Crippen molar-refractivity contribution in [2.24, 2.45) is 0 Å². The van der Waals surface area contributed by atoms with Crippen LogP contribution in [-0.2, 0) is 0 Å². The van der Waals surface area contributed by atoms with Crippen molar-refractivity contribution in [2.45, 2.75) is 12.8 Å². The first-order valence-corrected chi connectivity index (χ1v) is 5.92. The minimum atomic E-state index is 1.16. The average molecular weight is 220 g/mol. The van der Waals surface area contributed by atoms with Gasteiger partial charge in [-0.25, -0.2) is 0 Å². The highest BCUT2D eigenvalue weighted by molar-refractivity contribution is 7.27. The summed E-state index contributed by atoms with van der Waals surface area (Å²) in [6.07, 6.45) is 6.74. The third-order valence-electron chi connectivity index (χ3n) is 2.46. The SMILES string of the molecule is PC1=CC=C(c2ccc(P)cc2)CC1. The fourth-order valence-corrected chi connectivity index (χ4v) is 2.02. The summed E-state index contributed by atoms with van der Waals surface area (Å²) in [5.41, 5.74) is 2.80. The second-order valence-corrected chi connectivity index (χ2v) is 4.96. The number of benzene rings is 1. The molecule has 72 valence electrons. The Morgan fingerprint density at radius 2 is 1.57 bits per heavy atom. The molecule has 0 nitrogen and oxygen atoms in total. The molecule has 2 unspecified atom stereocenters. The van der Waals surface area contributed by atoms with Gasteiger partial charge in [-0.1, -0.05) is 41.7 Å². The molecule has 1 aliphatic carbocycles. The van der Waals surface area contributed by atoms with Crippen molar-refractivity contribution >= 4 is 29.4 Å². The van der Waals surface area contributed by atoms with Crippen LogP contribution in [0.3, 0.4) is 0 Å². The zero-order valence-corrected chi connectivity index (χ0v) is 10.3. The van der Waals surface area contributed by atoms with Crippen LogP contribution >= 0.6 is 18.5 Å². The Hall–Kier alpha value is -0.440. The van der Waals surface area contributed by atoms with E-state index in [-0.39, 0.29) is 0 Å². The van der Waals surface area contributed by atoms with Gasteiger partial charge in [0.25, 0.3) is 0 Å². The molecule has 1 aromatic carbocycles. The molecule has 0 N–H and O–H groups in total. The van der Waals surface area contributed by atoms with Crippen molar-refractivity contribution in [3.8, 4) is 0 Å². The lowest BCUT2D eigenvalue weighted by molar-refractivity contribution is 1.04. The summed E-state index contributed by atoms with van der Waals surface area (Å²) in [5, 5.41) is 2.64. The highest BCUT2D eigenvalue weighted by atomic mass is 31.0. The summed E-state index contributed by atoms with van der Waals surface area (Å²) < 4.78 is 0. The highest BCUT2D eigenvalue weighted by Gasteiger charge is 2.05. The van der Waals surface area contributed by atoms with Gasteiger partial charge in [-0.2, -0.15) is 0 Å². The molecule has 0 spiro atoms. The molecule has 0 aromatic heterocycles. The van der Waals surface area contributed by atoms with Crippen LogP contribution in [0.1, 0.15) is 18.4 Å². The Morgan fingerprint density at radius 1 is 0.857 bits per heavy atom. The standard InChI is InChI=1S/C12H14P2/c13-11-5-1-9(2-6-11)10-3-7-12(14)8-4-10/h1-3,5-7H,4,8,13-14H2. The summed E-state index contributed by atoms with van der Waals surface area (Å²) in [7, 11) is 5.49. The van der Waals surface area contributed by atoms with Crippen LogP contribution in [0.4, 0.5) is 0 Å². The largest absolute Gasteiger partial charge is 0.110 e. The Bertz CT molecular complexity index is 385. The van der Waals surface area contributed by atoms with E-state index in [9.17, 15) is 0 Å². The molecule has 0 fully saturated rings. The first-order chi connectivity index (χ1) is 6.75. The molecule has 0 heterocycles. The number of hydrogen-bond donors (Lipinski definition) is 0. The molecular weight excluding hydrogens is 206 g/mol. The molecule has 0 radical (unpaired) electrons. The fourth-order valence-electron chi connectivity index (χ4n) is 1.59. The van der Waals surface area contributed by atoms with Crippen molar-refractivity contribution in [3.63, 3.8) is 0 Å². The first kappa shape index (κ1) is 10.1. The summed E-state index contributed by atoms with van der Waals surface area (Å²) in [6.45, 7) is 0. The van der Waals surface area contributed by atoms with Crippen molar-refractivity contribution in [3.05, 3.63) is 47.3 Å². The third kappa shape index (κ3) is 2.32. The molecule has 0 saturated heterocycles. The van der Waals surface area contributed by atoms with E-state index >= 15 is 0 Å². The van der Waals surface area contributed by atoms with Crippen LogP contribution in [0, 0.1) is 0 Å².